The van der Waals surface area contributed by atoms with Crippen molar-refractivity contribution in [2.75, 3.05) is 19.7 Å². The lowest BCUT2D eigenvalue weighted by Gasteiger charge is -2.27. The first-order chi connectivity index (χ1) is 10.2. The molecule has 1 aromatic rings. The minimum absolute atomic E-state index is 0.344. The van der Waals surface area contributed by atoms with Crippen molar-refractivity contribution in [2.24, 2.45) is 5.92 Å². The lowest BCUT2D eigenvalue weighted by Crippen LogP contribution is -2.34. The summed E-state index contributed by atoms with van der Waals surface area (Å²) in [6, 6.07) is 5.94. The van der Waals surface area contributed by atoms with Gasteiger partial charge in [0, 0.05) is 31.4 Å². The second-order valence-electron chi connectivity index (χ2n) is 6.16. The van der Waals surface area contributed by atoms with Crippen molar-refractivity contribution in [3.63, 3.8) is 0 Å². The first-order valence-corrected chi connectivity index (χ1v) is 8.14. The lowest BCUT2D eigenvalue weighted by atomic mass is 9.89. The molecule has 0 radical (unpaired) electrons. The van der Waals surface area contributed by atoms with Crippen molar-refractivity contribution >= 4 is 0 Å². The number of aliphatic hydroxyl groups is 1. The maximum Gasteiger partial charge on any atom is 0.0897 e. The van der Waals surface area contributed by atoms with E-state index in [1.165, 1.54) is 12.8 Å². The zero-order valence-electron chi connectivity index (χ0n) is 13.0. The highest BCUT2D eigenvalue weighted by Gasteiger charge is 2.20. The fourth-order valence-corrected chi connectivity index (χ4v) is 2.87. The Morgan fingerprint density at radius 1 is 1.43 bits per heavy atom. The van der Waals surface area contributed by atoms with Crippen LogP contribution in [-0.2, 0) is 11.2 Å². The van der Waals surface area contributed by atoms with Gasteiger partial charge in [-0.05, 0) is 30.9 Å². The zero-order chi connectivity index (χ0) is 14.9. The first-order valence-electron chi connectivity index (χ1n) is 8.14. The fourth-order valence-electron chi connectivity index (χ4n) is 2.87. The Labute approximate surface area is 127 Å². The second kappa shape index (κ2) is 9.13. The van der Waals surface area contributed by atoms with Gasteiger partial charge in [0.2, 0.25) is 0 Å². The van der Waals surface area contributed by atoms with Crippen molar-refractivity contribution in [1.29, 1.82) is 0 Å². The molecule has 0 aliphatic heterocycles. The molecule has 0 bridgehead atoms. The highest BCUT2D eigenvalue weighted by atomic mass is 16.5. The quantitative estimate of drug-likeness (QED) is 0.721. The van der Waals surface area contributed by atoms with Crippen LogP contribution in [0.15, 0.2) is 24.4 Å². The van der Waals surface area contributed by atoms with E-state index in [1.807, 2.05) is 24.4 Å². The van der Waals surface area contributed by atoms with E-state index in [0.29, 0.717) is 19.3 Å². The van der Waals surface area contributed by atoms with E-state index in [4.69, 9.17) is 4.74 Å². The van der Waals surface area contributed by atoms with Crippen molar-refractivity contribution in [3.05, 3.63) is 30.1 Å². The summed E-state index contributed by atoms with van der Waals surface area (Å²) in [7, 11) is 0. The zero-order valence-corrected chi connectivity index (χ0v) is 13.0. The van der Waals surface area contributed by atoms with E-state index in [0.717, 1.165) is 37.4 Å². The molecule has 2 rings (SSSR count). The van der Waals surface area contributed by atoms with E-state index in [9.17, 15) is 5.11 Å². The van der Waals surface area contributed by atoms with Crippen molar-refractivity contribution in [3.8, 4) is 0 Å². The van der Waals surface area contributed by atoms with Gasteiger partial charge < -0.3 is 15.2 Å². The summed E-state index contributed by atoms with van der Waals surface area (Å²) in [5.74, 6) is 0.761. The van der Waals surface area contributed by atoms with Gasteiger partial charge >= 0.3 is 0 Å². The molecule has 0 spiro atoms. The average Bonchev–Trinajstić information content (AvgIpc) is 2.51. The molecule has 1 heterocycles. The monoisotopic (exact) mass is 292 g/mol. The van der Waals surface area contributed by atoms with Crippen LogP contribution in [0.2, 0.25) is 0 Å². The molecule has 118 valence electrons. The van der Waals surface area contributed by atoms with Gasteiger partial charge in [0.15, 0.2) is 0 Å². The topological polar surface area (TPSA) is 54.4 Å². The predicted octanol–water partition coefficient (Wildman–Crippen LogP) is 2.17. The van der Waals surface area contributed by atoms with Crippen LogP contribution in [0.25, 0.3) is 0 Å². The Balaban J connectivity index is 1.52. The van der Waals surface area contributed by atoms with E-state index in [-0.39, 0.29) is 0 Å². The summed E-state index contributed by atoms with van der Waals surface area (Å²) >= 11 is 0. The molecule has 4 nitrogen and oxygen atoms in total. The predicted molar refractivity (Wildman–Crippen MR) is 84.2 cm³/mol. The molecule has 0 aromatic carbocycles. The number of aliphatic hydroxyl groups excluding tert-OH is 1. The molecule has 2 N–H and O–H groups in total. The van der Waals surface area contributed by atoms with Crippen molar-refractivity contribution in [2.45, 2.75) is 51.2 Å². The molecule has 0 saturated heterocycles. The average molecular weight is 292 g/mol. The Kier molecular flexibility index (Phi) is 7.13. The molecule has 0 amide bonds. The van der Waals surface area contributed by atoms with Crippen LogP contribution in [-0.4, -0.2) is 42.0 Å². The highest BCUT2D eigenvalue weighted by molar-refractivity contribution is 5.03. The summed E-state index contributed by atoms with van der Waals surface area (Å²) in [4.78, 5) is 4.27. The number of aromatic nitrogens is 1. The van der Waals surface area contributed by atoms with E-state index in [2.05, 4.69) is 17.2 Å². The highest BCUT2D eigenvalue weighted by Crippen LogP contribution is 2.25. The van der Waals surface area contributed by atoms with Crippen LogP contribution < -0.4 is 5.32 Å². The smallest absolute Gasteiger partial charge is 0.0897 e. The van der Waals surface area contributed by atoms with Crippen LogP contribution in [0.3, 0.4) is 0 Å². The Morgan fingerprint density at radius 2 is 2.33 bits per heavy atom. The van der Waals surface area contributed by atoms with Crippen molar-refractivity contribution < 1.29 is 9.84 Å². The third-order valence-corrected chi connectivity index (χ3v) is 4.08. The summed E-state index contributed by atoms with van der Waals surface area (Å²) < 4.78 is 5.83. The van der Waals surface area contributed by atoms with E-state index in [1.54, 1.807) is 0 Å². The van der Waals surface area contributed by atoms with Crippen LogP contribution >= 0.6 is 0 Å². The van der Waals surface area contributed by atoms with Gasteiger partial charge in [-0.15, -0.1) is 0 Å². The molecular weight excluding hydrogens is 264 g/mol. The molecule has 3 atom stereocenters. The van der Waals surface area contributed by atoms with Gasteiger partial charge in [-0.3, -0.25) is 4.98 Å². The number of pyridine rings is 1. The van der Waals surface area contributed by atoms with Gasteiger partial charge in [-0.25, -0.2) is 0 Å². The maximum atomic E-state index is 9.94. The van der Waals surface area contributed by atoms with Gasteiger partial charge in [-0.1, -0.05) is 25.8 Å². The van der Waals surface area contributed by atoms with Crippen LogP contribution in [0.4, 0.5) is 0 Å². The number of rotatable bonds is 8. The molecule has 4 heteroatoms. The van der Waals surface area contributed by atoms with Gasteiger partial charge in [0.25, 0.3) is 0 Å². The third kappa shape index (κ3) is 6.55. The lowest BCUT2D eigenvalue weighted by molar-refractivity contribution is -0.0305. The van der Waals surface area contributed by atoms with E-state index >= 15 is 0 Å². The minimum atomic E-state index is -0.425. The summed E-state index contributed by atoms with van der Waals surface area (Å²) in [6.45, 7) is 4.13. The first kappa shape index (κ1) is 16.4. The third-order valence-electron chi connectivity index (χ3n) is 4.08. The normalized spacial score (nSPS) is 23.9. The Morgan fingerprint density at radius 3 is 3.10 bits per heavy atom. The maximum absolute atomic E-state index is 9.94. The van der Waals surface area contributed by atoms with Crippen LogP contribution in [0.1, 0.15) is 38.3 Å². The van der Waals surface area contributed by atoms with E-state index < -0.39 is 6.10 Å². The Hall–Kier alpha value is -0.970. The minimum Gasteiger partial charge on any atom is -0.389 e. The molecular formula is C17H28N2O2. The summed E-state index contributed by atoms with van der Waals surface area (Å²) in [5.41, 5.74) is 1.08. The fraction of sp³-hybridized carbons (Fsp3) is 0.706. The van der Waals surface area contributed by atoms with Crippen molar-refractivity contribution in [1.82, 2.24) is 10.3 Å². The number of hydrogen-bond acceptors (Lipinski definition) is 4. The van der Waals surface area contributed by atoms with Gasteiger partial charge in [0.1, 0.15) is 0 Å². The standard InChI is InChI=1S/C17H28N2O2/c1-14-5-4-7-17(11-14)21-13-16(20)12-18-10-8-15-6-2-3-9-19-15/h2-3,6,9,14,16-18,20H,4-5,7-8,10-13H2,1H3. The molecule has 1 fully saturated rings. The van der Waals surface area contributed by atoms with Crippen LogP contribution in [0.5, 0.6) is 0 Å². The molecule has 1 aliphatic rings. The van der Waals surface area contributed by atoms with Crippen LogP contribution in [0, 0.1) is 5.92 Å². The molecule has 1 saturated carbocycles. The number of nitrogens with one attached hydrogen (secondary N) is 1. The molecule has 1 aliphatic carbocycles. The number of hydrogen-bond donors (Lipinski definition) is 2. The Bertz CT molecular complexity index is 386. The molecule has 21 heavy (non-hydrogen) atoms. The SMILES string of the molecule is CC1CCCC(OCC(O)CNCCc2ccccn2)C1. The number of ether oxygens (including phenoxy) is 1. The summed E-state index contributed by atoms with van der Waals surface area (Å²) in [5, 5.41) is 13.2. The van der Waals surface area contributed by atoms with Gasteiger partial charge in [0.05, 0.1) is 18.8 Å². The molecule has 3 unspecified atom stereocenters. The summed E-state index contributed by atoms with van der Waals surface area (Å²) in [6.07, 6.45) is 7.46. The largest absolute Gasteiger partial charge is 0.389 e. The second-order valence-corrected chi connectivity index (χ2v) is 6.16. The van der Waals surface area contributed by atoms with Gasteiger partial charge in [-0.2, -0.15) is 0 Å². The molecule has 1 aromatic heterocycles. The number of nitrogens with zero attached hydrogens (tertiary/aromatic N) is 1.